The summed E-state index contributed by atoms with van der Waals surface area (Å²) in [6, 6.07) is 78.2. The van der Waals surface area contributed by atoms with E-state index in [0.29, 0.717) is 0 Å². The van der Waals surface area contributed by atoms with Crippen LogP contribution in [0.3, 0.4) is 0 Å². The maximum absolute atomic E-state index is 2.49. The minimum atomic E-state index is 1.15. The molecule has 0 unspecified atom stereocenters. The highest BCUT2D eigenvalue weighted by Crippen LogP contribution is 2.47. The Morgan fingerprint density at radius 3 is 1.35 bits per heavy atom. The molecule has 0 saturated carbocycles. The van der Waals surface area contributed by atoms with Crippen molar-refractivity contribution < 1.29 is 0 Å². The van der Waals surface area contributed by atoms with Gasteiger partial charge in [0, 0.05) is 27.2 Å². The van der Waals surface area contributed by atoms with E-state index in [1.165, 1.54) is 109 Å². The van der Waals surface area contributed by atoms with Gasteiger partial charge < -0.3 is 4.57 Å². The molecule has 0 aliphatic rings. The lowest BCUT2D eigenvalue weighted by Gasteiger charge is -2.17. The molecule has 0 fully saturated rings. The Bertz CT molecular complexity index is 3540. The van der Waals surface area contributed by atoms with Gasteiger partial charge in [-0.3, -0.25) is 0 Å². The largest absolute Gasteiger partial charge is 0.309 e. The molecule has 57 heavy (non-hydrogen) atoms. The second kappa shape index (κ2) is 12.5. The van der Waals surface area contributed by atoms with Crippen molar-refractivity contribution in [1.82, 2.24) is 4.57 Å². The number of rotatable bonds is 4. The summed E-state index contributed by atoms with van der Waals surface area (Å²) in [7, 11) is 0. The van der Waals surface area contributed by atoms with Crippen LogP contribution < -0.4 is 0 Å². The fourth-order valence-electron chi connectivity index (χ4n) is 9.61. The van der Waals surface area contributed by atoms with E-state index in [0.717, 1.165) is 5.69 Å². The van der Waals surface area contributed by atoms with E-state index in [-0.39, 0.29) is 0 Å². The Labute approximate surface area is 330 Å². The second-order valence-corrected chi connectivity index (χ2v) is 15.2. The lowest BCUT2D eigenvalue weighted by Crippen LogP contribution is -1.95. The first-order valence-electron chi connectivity index (χ1n) is 19.8. The van der Waals surface area contributed by atoms with Crippen molar-refractivity contribution in [1.29, 1.82) is 0 Å². The first kappa shape index (κ1) is 31.8. The first-order chi connectivity index (χ1) is 28.3. The van der Waals surface area contributed by atoms with Crippen LogP contribution in [0.1, 0.15) is 0 Å². The number of para-hydroxylation sites is 1. The normalized spacial score (nSPS) is 11.9. The predicted molar refractivity (Wildman–Crippen MR) is 245 cm³/mol. The molecular weight excluding hydrogens is 687 g/mol. The van der Waals surface area contributed by atoms with Gasteiger partial charge in [-0.05, 0) is 101 Å². The molecule has 0 N–H and O–H groups in total. The molecule has 0 atom stereocenters. The highest BCUT2D eigenvalue weighted by atomic mass is 15.0. The predicted octanol–water partition coefficient (Wildman–Crippen LogP) is 15.6. The van der Waals surface area contributed by atoms with Crippen LogP contribution in [0.2, 0.25) is 0 Å². The van der Waals surface area contributed by atoms with Crippen LogP contribution in [-0.2, 0) is 0 Å². The van der Waals surface area contributed by atoms with Crippen LogP contribution in [0, 0.1) is 0 Å². The summed E-state index contributed by atoms with van der Waals surface area (Å²) < 4.78 is 2.49. The fraction of sp³-hybridized carbons (Fsp3) is 0. The highest BCUT2D eigenvalue weighted by Gasteiger charge is 2.22. The standard InChI is InChI=1S/C56H35N/c1-3-17-42-36(13-1)15-11-24-44(42)38-27-29-40(30-28-38)51-35-52-47-20-6-8-22-49(47)56-55(54(52)48-21-7-5-19-46(48)51)50-23-9-10-26-53(50)57(56)41-33-31-39(32-34-41)45-25-12-16-37-14-2-4-18-43(37)45/h1-35H. The molecule has 0 aliphatic heterocycles. The van der Waals surface area contributed by atoms with Crippen molar-refractivity contribution in [3.63, 3.8) is 0 Å². The third-order valence-electron chi connectivity index (χ3n) is 12.2. The van der Waals surface area contributed by atoms with Gasteiger partial charge in [-0.15, -0.1) is 0 Å². The van der Waals surface area contributed by atoms with E-state index in [9.17, 15) is 0 Å². The van der Waals surface area contributed by atoms with E-state index in [4.69, 9.17) is 0 Å². The SMILES string of the molecule is c1ccc2c(-c3ccc(-c4cc5c6ccccc6c6c(c7ccccc7n6-c6ccc(-c7cccc8ccccc78)cc6)c5c5ccccc45)cc3)cccc2c1. The summed E-state index contributed by atoms with van der Waals surface area (Å²) in [5.74, 6) is 0. The maximum Gasteiger partial charge on any atom is 0.0626 e. The van der Waals surface area contributed by atoms with Crippen LogP contribution >= 0.6 is 0 Å². The summed E-state index contributed by atoms with van der Waals surface area (Å²) in [5, 5.41) is 15.3. The molecule has 12 rings (SSSR count). The van der Waals surface area contributed by atoms with Crippen LogP contribution in [0.4, 0.5) is 0 Å². The molecule has 264 valence electrons. The molecule has 0 radical (unpaired) electrons. The van der Waals surface area contributed by atoms with Gasteiger partial charge in [0.1, 0.15) is 0 Å². The summed E-state index contributed by atoms with van der Waals surface area (Å²) in [5.41, 5.74) is 11.0. The van der Waals surface area contributed by atoms with Gasteiger partial charge in [0.25, 0.3) is 0 Å². The number of fused-ring (bicyclic) bond motifs is 12. The number of aromatic nitrogens is 1. The quantitative estimate of drug-likeness (QED) is 0.160. The molecule has 1 aromatic heterocycles. The zero-order valence-electron chi connectivity index (χ0n) is 31.2. The van der Waals surface area contributed by atoms with Gasteiger partial charge in [-0.2, -0.15) is 0 Å². The zero-order chi connectivity index (χ0) is 37.5. The molecule has 0 saturated heterocycles. The Balaban J connectivity index is 1.10. The average molecular weight is 722 g/mol. The monoisotopic (exact) mass is 721 g/mol. The van der Waals surface area contributed by atoms with Crippen molar-refractivity contribution in [2.24, 2.45) is 0 Å². The molecule has 12 aromatic rings. The lowest BCUT2D eigenvalue weighted by atomic mass is 9.88. The number of hydrogen-bond donors (Lipinski definition) is 0. The van der Waals surface area contributed by atoms with Gasteiger partial charge in [0.05, 0.1) is 11.0 Å². The van der Waals surface area contributed by atoms with Crippen LogP contribution in [-0.4, -0.2) is 4.57 Å². The van der Waals surface area contributed by atoms with E-state index in [2.05, 4.69) is 217 Å². The van der Waals surface area contributed by atoms with E-state index in [1.54, 1.807) is 0 Å². The Morgan fingerprint density at radius 2 is 0.719 bits per heavy atom. The van der Waals surface area contributed by atoms with Crippen molar-refractivity contribution in [3.8, 4) is 39.1 Å². The van der Waals surface area contributed by atoms with Crippen LogP contribution in [0.25, 0.3) is 115 Å². The third kappa shape index (κ3) is 4.83. The molecule has 11 aromatic carbocycles. The molecule has 1 heteroatoms. The number of hydrogen-bond acceptors (Lipinski definition) is 0. The topological polar surface area (TPSA) is 4.93 Å². The molecule has 0 spiro atoms. The number of benzene rings is 11. The summed E-state index contributed by atoms with van der Waals surface area (Å²) in [4.78, 5) is 0. The van der Waals surface area contributed by atoms with E-state index in [1.807, 2.05) is 0 Å². The van der Waals surface area contributed by atoms with Gasteiger partial charge in [0.15, 0.2) is 0 Å². The third-order valence-corrected chi connectivity index (χ3v) is 12.2. The molecule has 1 heterocycles. The summed E-state index contributed by atoms with van der Waals surface area (Å²) in [6.07, 6.45) is 0. The van der Waals surface area contributed by atoms with E-state index >= 15 is 0 Å². The molecule has 0 aliphatic carbocycles. The zero-order valence-corrected chi connectivity index (χ0v) is 31.2. The second-order valence-electron chi connectivity index (χ2n) is 15.2. The molecule has 0 bridgehead atoms. The maximum atomic E-state index is 2.49. The molecule has 0 amide bonds. The van der Waals surface area contributed by atoms with Crippen LogP contribution in [0.5, 0.6) is 0 Å². The smallest absolute Gasteiger partial charge is 0.0626 e. The lowest BCUT2D eigenvalue weighted by molar-refractivity contribution is 1.19. The summed E-state index contributed by atoms with van der Waals surface area (Å²) >= 11 is 0. The van der Waals surface area contributed by atoms with Crippen LogP contribution in [0.15, 0.2) is 212 Å². The van der Waals surface area contributed by atoms with Gasteiger partial charge in [-0.1, -0.05) is 188 Å². The van der Waals surface area contributed by atoms with Crippen molar-refractivity contribution in [2.75, 3.05) is 0 Å². The Hall–Kier alpha value is -7.48. The summed E-state index contributed by atoms with van der Waals surface area (Å²) in [6.45, 7) is 0. The van der Waals surface area contributed by atoms with Crippen molar-refractivity contribution >= 4 is 75.7 Å². The average Bonchev–Trinajstić information content (AvgIpc) is 3.64. The van der Waals surface area contributed by atoms with Gasteiger partial charge in [-0.25, -0.2) is 0 Å². The molecule has 1 nitrogen and oxygen atoms in total. The Kier molecular flexibility index (Phi) is 7.00. The fourth-order valence-corrected chi connectivity index (χ4v) is 9.61. The highest BCUT2D eigenvalue weighted by molar-refractivity contribution is 6.38. The minimum Gasteiger partial charge on any atom is -0.309 e. The van der Waals surface area contributed by atoms with Gasteiger partial charge >= 0.3 is 0 Å². The number of nitrogens with zero attached hydrogens (tertiary/aromatic N) is 1. The molecular formula is C56H35N. The van der Waals surface area contributed by atoms with Gasteiger partial charge in [0.2, 0.25) is 0 Å². The Morgan fingerprint density at radius 1 is 0.263 bits per heavy atom. The van der Waals surface area contributed by atoms with Crippen molar-refractivity contribution in [3.05, 3.63) is 212 Å². The first-order valence-corrected chi connectivity index (χ1v) is 19.8. The van der Waals surface area contributed by atoms with Crippen molar-refractivity contribution in [2.45, 2.75) is 0 Å². The minimum absolute atomic E-state index is 1.15. The van der Waals surface area contributed by atoms with E-state index < -0.39 is 0 Å².